The van der Waals surface area contributed by atoms with E-state index in [9.17, 15) is 9.90 Å². The Hall–Kier alpha value is -1.36. The van der Waals surface area contributed by atoms with Gasteiger partial charge in [0.15, 0.2) is 0 Å². The van der Waals surface area contributed by atoms with Crippen LogP contribution in [-0.2, 0) is 24.2 Å². The van der Waals surface area contributed by atoms with Gasteiger partial charge in [-0.1, -0.05) is 13.8 Å². The molecule has 1 atom stereocenters. The Morgan fingerprint density at radius 2 is 2.10 bits per heavy atom. The lowest BCUT2D eigenvalue weighted by Crippen LogP contribution is -2.41. The zero-order valence-electron chi connectivity index (χ0n) is 12.6. The van der Waals surface area contributed by atoms with Crippen LogP contribution in [-0.4, -0.2) is 32.7 Å². The van der Waals surface area contributed by atoms with E-state index in [1.54, 1.807) is 0 Å². The Labute approximate surface area is 120 Å². The Morgan fingerprint density at radius 3 is 2.75 bits per heavy atom. The molecule has 0 fully saturated rings. The molecule has 1 aliphatic carbocycles. The number of rotatable bonds is 6. The van der Waals surface area contributed by atoms with Gasteiger partial charge in [0.25, 0.3) is 0 Å². The predicted octanol–water partition coefficient (Wildman–Crippen LogP) is 1.91. The summed E-state index contributed by atoms with van der Waals surface area (Å²) in [7, 11) is 0. The van der Waals surface area contributed by atoms with Crippen molar-refractivity contribution in [1.82, 2.24) is 14.9 Å². The minimum absolute atomic E-state index is 0.175. The third-order valence-electron chi connectivity index (χ3n) is 3.90. The van der Waals surface area contributed by atoms with Gasteiger partial charge in [-0.05, 0) is 39.0 Å². The van der Waals surface area contributed by atoms with Crippen LogP contribution >= 0.6 is 0 Å². The van der Waals surface area contributed by atoms with E-state index in [4.69, 9.17) is 0 Å². The van der Waals surface area contributed by atoms with Gasteiger partial charge < -0.3 is 15.0 Å². The summed E-state index contributed by atoms with van der Waals surface area (Å²) in [5.41, 5.74) is 2.54. The molecule has 1 aliphatic rings. The van der Waals surface area contributed by atoms with Crippen LogP contribution in [0.2, 0.25) is 0 Å². The second-order valence-electron chi connectivity index (χ2n) is 5.91. The van der Waals surface area contributed by atoms with Crippen molar-refractivity contribution < 1.29 is 9.90 Å². The number of hydrogen-bond acceptors (Lipinski definition) is 3. The van der Waals surface area contributed by atoms with E-state index in [1.165, 1.54) is 24.2 Å². The highest BCUT2D eigenvalue weighted by molar-refractivity contribution is 5.73. The monoisotopic (exact) mass is 279 g/mol. The maximum Gasteiger partial charge on any atom is 0.320 e. The quantitative estimate of drug-likeness (QED) is 0.835. The molecule has 0 spiro atoms. The Balaban J connectivity index is 2.06. The molecule has 1 unspecified atom stereocenters. The van der Waals surface area contributed by atoms with Gasteiger partial charge in [-0.2, -0.15) is 0 Å². The molecule has 0 aliphatic heterocycles. The topological polar surface area (TPSA) is 67.2 Å². The number of nitrogens with one attached hydrogen (secondary N) is 1. The van der Waals surface area contributed by atoms with Gasteiger partial charge in [0.2, 0.25) is 0 Å². The summed E-state index contributed by atoms with van der Waals surface area (Å²) >= 11 is 0. The number of hydrogen-bond donors (Lipinski definition) is 2. The third kappa shape index (κ3) is 3.39. The van der Waals surface area contributed by atoms with Gasteiger partial charge in [-0.3, -0.25) is 4.79 Å². The van der Waals surface area contributed by atoms with Crippen molar-refractivity contribution in [3.05, 3.63) is 17.2 Å². The number of carboxylic acid groups (broad SMARTS) is 1. The molecular weight excluding hydrogens is 254 g/mol. The number of aliphatic carboxylic acids is 1. The van der Waals surface area contributed by atoms with Crippen LogP contribution in [0.3, 0.4) is 0 Å². The minimum atomic E-state index is -0.773. The SMILES string of the molecule is Cc1nc2c(n1CCC(NC(C)C)C(=O)O)CCCC2. The van der Waals surface area contributed by atoms with Crippen molar-refractivity contribution in [3.63, 3.8) is 0 Å². The van der Waals surface area contributed by atoms with Crippen molar-refractivity contribution in [3.8, 4) is 0 Å². The zero-order chi connectivity index (χ0) is 14.7. The molecule has 2 N–H and O–H groups in total. The summed E-state index contributed by atoms with van der Waals surface area (Å²) in [4.78, 5) is 15.9. The second-order valence-corrected chi connectivity index (χ2v) is 5.91. The van der Waals surface area contributed by atoms with Crippen LogP contribution in [0, 0.1) is 6.92 Å². The predicted molar refractivity (Wildman–Crippen MR) is 77.9 cm³/mol. The Morgan fingerprint density at radius 1 is 1.40 bits per heavy atom. The highest BCUT2D eigenvalue weighted by Crippen LogP contribution is 2.22. The number of imidazole rings is 1. The molecule has 2 rings (SSSR count). The van der Waals surface area contributed by atoms with E-state index in [2.05, 4.69) is 14.9 Å². The summed E-state index contributed by atoms with van der Waals surface area (Å²) in [6.45, 7) is 6.69. The van der Waals surface area contributed by atoms with E-state index in [0.29, 0.717) is 6.42 Å². The molecular formula is C15H25N3O2. The largest absolute Gasteiger partial charge is 0.480 e. The Kier molecular flexibility index (Phi) is 4.81. The first-order chi connectivity index (χ1) is 9.49. The van der Waals surface area contributed by atoms with Crippen LogP contribution in [0.25, 0.3) is 0 Å². The summed E-state index contributed by atoms with van der Waals surface area (Å²) < 4.78 is 2.21. The van der Waals surface area contributed by atoms with Crippen LogP contribution in [0.1, 0.15) is 50.3 Å². The van der Waals surface area contributed by atoms with Crippen molar-refractivity contribution >= 4 is 5.97 Å². The lowest BCUT2D eigenvalue weighted by molar-refractivity contribution is -0.139. The molecule has 112 valence electrons. The van der Waals surface area contributed by atoms with Gasteiger partial charge in [0.1, 0.15) is 11.9 Å². The number of aryl methyl sites for hydroxylation is 2. The summed E-state index contributed by atoms with van der Waals surface area (Å²) in [6.07, 6.45) is 5.17. The molecule has 1 heterocycles. The first-order valence-electron chi connectivity index (χ1n) is 7.52. The van der Waals surface area contributed by atoms with Crippen molar-refractivity contribution in [2.75, 3.05) is 0 Å². The molecule has 0 amide bonds. The maximum absolute atomic E-state index is 11.3. The van der Waals surface area contributed by atoms with Crippen molar-refractivity contribution in [1.29, 1.82) is 0 Å². The lowest BCUT2D eigenvalue weighted by Gasteiger charge is -2.19. The van der Waals surface area contributed by atoms with Crippen LogP contribution in [0.5, 0.6) is 0 Å². The summed E-state index contributed by atoms with van der Waals surface area (Å²) in [5, 5.41) is 12.4. The van der Waals surface area contributed by atoms with Gasteiger partial charge in [-0.15, -0.1) is 0 Å². The molecule has 0 radical (unpaired) electrons. The van der Waals surface area contributed by atoms with Crippen molar-refractivity contribution in [2.45, 2.75) is 71.5 Å². The fraction of sp³-hybridized carbons (Fsp3) is 0.733. The molecule has 1 aromatic rings. The first kappa shape index (κ1) is 15.0. The van der Waals surface area contributed by atoms with E-state index in [1.807, 2.05) is 20.8 Å². The fourth-order valence-corrected chi connectivity index (χ4v) is 2.97. The maximum atomic E-state index is 11.3. The lowest BCUT2D eigenvalue weighted by atomic mass is 10.0. The van der Waals surface area contributed by atoms with Gasteiger partial charge in [0, 0.05) is 18.3 Å². The van der Waals surface area contributed by atoms with E-state index in [-0.39, 0.29) is 6.04 Å². The number of carbonyl (C=O) groups is 1. The molecule has 1 aromatic heterocycles. The molecule has 0 saturated heterocycles. The molecule has 20 heavy (non-hydrogen) atoms. The fourth-order valence-electron chi connectivity index (χ4n) is 2.97. The minimum Gasteiger partial charge on any atom is -0.480 e. The smallest absolute Gasteiger partial charge is 0.320 e. The highest BCUT2D eigenvalue weighted by Gasteiger charge is 2.21. The normalized spacial score (nSPS) is 16.2. The van der Waals surface area contributed by atoms with E-state index in [0.717, 1.165) is 25.2 Å². The van der Waals surface area contributed by atoms with Crippen LogP contribution in [0.15, 0.2) is 0 Å². The standard InChI is InChI=1S/C15H25N3O2/c1-10(2)16-13(15(19)20)8-9-18-11(3)17-12-6-4-5-7-14(12)18/h10,13,16H,4-9H2,1-3H3,(H,19,20). The molecule has 0 saturated carbocycles. The van der Waals surface area contributed by atoms with E-state index < -0.39 is 12.0 Å². The zero-order valence-corrected chi connectivity index (χ0v) is 12.6. The van der Waals surface area contributed by atoms with Crippen molar-refractivity contribution in [2.24, 2.45) is 0 Å². The number of carboxylic acids is 1. The van der Waals surface area contributed by atoms with Gasteiger partial charge in [-0.25, -0.2) is 4.98 Å². The first-order valence-corrected chi connectivity index (χ1v) is 7.52. The molecule has 5 heteroatoms. The van der Waals surface area contributed by atoms with Gasteiger partial charge >= 0.3 is 5.97 Å². The Bertz CT molecular complexity index is 480. The van der Waals surface area contributed by atoms with E-state index >= 15 is 0 Å². The average molecular weight is 279 g/mol. The van der Waals surface area contributed by atoms with Crippen LogP contribution < -0.4 is 5.32 Å². The van der Waals surface area contributed by atoms with Crippen LogP contribution in [0.4, 0.5) is 0 Å². The molecule has 0 bridgehead atoms. The molecule has 5 nitrogen and oxygen atoms in total. The highest BCUT2D eigenvalue weighted by atomic mass is 16.4. The summed E-state index contributed by atoms with van der Waals surface area (Å²) in [6, 6.07) is -0.315. The average Bonchev–Trinajstić information content (AvgIpc) is 2.69. The third-order valence-corrected chi connectivity index (χ3v) is 3.90. The second kappa shape index (κ2) is 6.39. The number of nitrogens with zero attached hydrogens (tertiary/aromatic N) is 2. The summed E-state index contributed by atoms with van der Waals surface area (Å²) in [5.74, 6) is 0.246. The number of fused-ring (bicyclic) bond motifs is 1. The number of aromatic nitrogens is 2. The molecule has 0 aromatic carbocycles. The van der Waals surface area contributed by atoms with Gasteiger partial charge in [0.05, 0.1) is 5.69 Å².